The molecule has 0 saturated heterocycles. The summed E-state index contributed by atoms with van der Waals surface area (Å²) < 4.78 is 38.5. The number of benzene rings is 1. The molecule has 3 N–H and O–H groups in total. The maximum absolute atomic E-state index is 13.4. The maximum Gasteiger partial charge on any atom is 0.211 e. The van der Waals surface area contributed by atoms with Gasteiger partial charge in [-0.2, -0.15) is 0 Å². The van der Waals surface area contributed by atoms with Crippen LogP contribution < -0.4 is 15.4 Å². The molecule has 1 aromatic carbocycles. The van der Waals surface area contributed by atoms with Crippen LogP contribution in [0.3, 0.4) is 0 Å². The van der Waals surface area contributed by atoms with Crippen LogP contribution in [0.25, 0.3) is 0 Å². The molecule has 0 heterocycles. The zero-order valence-corrected chi connectivity index (χ0v) is 15.5. The van der Waals surface area contributed by atoms with Crippen LogP contribution in [-0.4, -0.2) is 46.8 Å². The van der Waals surface area contributed by atoms with Gasteiger partial charge in [0, 0.05) is 32.1 Å². The fourth-order valence-corrected chi connectivity index (χ4v) is 2.64. The van der Waals surface area contributed by atoms with E-state index in [4.69, 9.17) is 0 Å². The van der Waals surface area contributed by atoms with Gasteiger partial charge in [-0.05, 0) is 24.6 Å². The van der Waals surface area contributed by atoms with Gasteiger partial charge in [0.2, 0.25) is 10.0 Å². The molecule has 0 spiro atoms. The van der Waals surface area contributed by atoms with Gasteiger partial charge in [-0.3, -0.25) is 4.99 Å². The normalized spacial score (nSPS) is 13.0. The Morgan fingerprint density at radius 3 is 2.54 bits per heavy atom. The van der Waals surface area contributed by atoms with E-state index >= 15 is 0 Å². The van der Waals surface area contributed by atoms with E-state index in [-0.39, 0.29) is 23.5 Å². The summed E-state index contributed by atoms with van der Waals surface area (Å²) in [4.78, 5) is 4.10. The molecule has 0 radical (unpaired) electrons. The van der Waals surface area contributed by atoms with Crippen LogP contribution in [0.15, 0.2) is 29.3 Å². The molecule has 24 heavy (non-hydrogen) atoms. The van der Waals surface area contributed by atoms with Crippen LogP contribution in [-0.2, 0) is 15.4 Å². The summed E-state index contributed by atoms with van der Waals surface area (Å²) in [5.41, 5.74) is 0.602. The summed E-state index contributed by atoms with van der Waals surface area (Å²) in [5.74, 6) is 0.364. The lowest BCUT2D eigenvalue weighted by molar-refractivity contribution is 0.503. The van der Waals surface area contributed by atoms with Crippen LogP contribution in [0.1, 0.15) is 26.3 Å². The number of rotatable bonds is 8. The zero-order valence-electron chi connectivity index (χ0n) is 14.7. The molecule has 0 atom stereocenters. The lowest BCUT2D eigenvalue weighted by Crippen LogP contribution is -2.45. The Bertz CT molecular complexity index is 660. The first-order valence-electron chi connectivity index (χ1n) is 7.88. The predicted molar refractivity (Wildman–Crippen MR) is 96.3 cm³/mol. The van der Waals surface area contributed by atoms with E-state index < -0.39 is 10.0 Å². The molecule has 0 saturated carbocycles. The number of hydrogen-bond acceptors (Lipinski definition) is 3. The molecule has 1 aromatic rings. The minimum atomic E-state index is -3.19. The summed E-state index contributed by atoms with van der Waals surface area (Å²) in [5, 5.41) is 6.22. The number of hydrogen-bond donors (Lipinski definition) is 3. The number of nitrogens with one attached hydrogen (secondary N) is 3. The van der Waals surface area contributed by atoms with E-state index in [0.29, 0.717) is 19.0 Å². The summed E-state index contributed by atoms with van der Waals surface area (Å²) in [7, 11) is -1.55. The van der Waals surface area contributed by atoms with Gasteiger partial charge in [0.1, 0.15) is 5.82 Å². The molecule has 0 amide bonds. The van der Waals surface area contributed by atoms with Crippen LogP contribution >= 0.6 is 0 Å². The Balaban J connectivity index is 2.49. The van der Waals surface area contributed by atoms with Gasteiger partial charge in [0.25, 0.3) is 0 Å². The SMILES string of the molecule is CCS(=O)(=O)NCCNC(=NC)NCC(C)(C)c1cccc(F)c1. The van der Waals surface area contributed by atoms with Gasteiger partial charge in [-0.25, -0.2) is 17.5 Å². The maximum atomic E-state index is 13.4. The van der Waals surface area contributed by atoms with Crippen molar-refractivity contribution in [2.24, 2.45) is 4.99 Å². The highest BCUT2D eigenvalue weighted by molar-refractivity contribution is 7.89. The van der Waals surface area contributed by atoms with Crippen LogP contribution in [0.4, 0.5) is 4.39 Å². The summed E-state index contributed by atoms with van der Waals surface area (Å²) >= 11 is 0. The smallest absolute Gasteiger partial charge is 0.211 e. The minimum absolute atomic E-state index is 0.0573. The molecule has 0 bridgehead atoms. The molecule has 1 rings (SSSR count). The first kappa shape index (κ1) is 20.4. The fraction of sp³-hybridized carbons (Fsp3) is 0.562. The first-order valence-corrected chi connectivity index (χ1v) is 9.53. The van der Waals surface area contributed by atoms with E-state index in [2.05, 4.69) is 20.3 Å². The summed E-state index contributed by atoms with van der Waals surface area (Å²) in [6.07, 6.45) is 0. The molecule has 0 aliphatic carbocycles. The number of nitrogens with zero attached hydrogens (tertiary/aromatic N) is 1. The van der Waals surface area contributed by atoms with Gasteiger partial charge in [0.15, 0.2) is 5.96 Å². The molecule has 0 aromatic heterocycles. The van der Waals surface area contributed by atoms with Crippen molar-refractivity contribution < 1.29 is 12.8 Å². The second-order valence-electron chi connectivity index (χ2n) is 6.04. The predicted octanol–water partition coefficient (Wildman–Crippen LogP) is 1.21. The molecular formula is C16H27FN4O2S. The van der Waals surface area contributed by atoms with Crippen molar-refractivity contribution in [1.29, 1.82) is 0 Å². The van der Waals surface area contributed by atoms with Crippen molar-refractivity contribution >= 4 is 16.0 Å². The number of halogens is 1. The Morgan fingerprint density at radius 2 is 1.96 bits per heavy atom. The fourth-order valence-electron chi connectivity index (χ4n) is 2.03. The van der Waals surface area contributed by atoms with Crippen LogP contribution in [0, 0.1) is 5.82 Å². The lowest BCUT2D eigenvalue weighted by Gasteiger charge is -2.26. The van der Waals surface area contributed by atoms with Crippen LogP contribution in [0.5, 0.6) is 0 Å². The minimum Gasteiger partial charge on any atom is -0.356 e. The first-order chi connectivity index (χ1) is 11.2. The number of guanidine groups is 1. The Hall–Kier alpha value is -1.67. The van der Waals surface area contributed by atoms with Crippen molar-refractivity contribution in [3.63, 3.8) is 0 Å². The van der Waals surface area contributed by atoms with E-state index in [1.807, 2.05) is 19.9 Å². The third-order valence-corrected chi connectivity index (χ3v) is 5.05. The molecule has 0 unspecified atom stereocenters. The molecule has 0 aliphatic rings. The van der Waals surface area contributed by atoms with Crippen molar-refractivity contribution in [1.82, 2.24) is 15.4 Å². The highest BCUT2D eigenvalue weighted by Crippen LogP contribution is 2.22. The van der Waals surface area contributed by atoms with Gasteiger partial charge in [0.05, 0.1) is 5.75 Å². The Morgan fingerprint density at radius 1 is 1.25 bits per heavy atom. The summed E-state index contributed by atoms with van der Waals surface area (Å²) in [6.45, 7) is 6.86. The van der Waals surface area contributed by atoms with E-state index in [9.17, 15) is 12.8 Å². The van der Waals surface area contributed by atoms with Gasteiger partial charge in [-0.1, -0.05) is 26.0 Å². The third-order valence-electron chi connectivity index (χ3n) is 3.65. The molecule has 6 nitrogen and oxygen atoms in total. The van der Waals surface area contributed by atoms with E-state index in [1.54, 1.807) is 20.0 Å². The third kappa shape index (κ3) is 6.84. The van der Waals surface area contributed by atoms with Crippen molar-refractivity contribution in [3.8, 4) is 0 Å². The topological polar surface area (TPSA) is 82.6 Å². The largest absolute Gasteiger partial charge is 0.356 e. The lowest BCUT2D eigenvalue weighted by atomic mass is 9.84. The second kappa shape index (κ2) is 8.98. The standard InChI is InChI=1S/C16H27FN4O2S/c1-5-24(22,23)21-10-9-19-15(18-4)20-12-16(2,3)13-7-6-8-14(17)11-13/h6-8,11,21H,5,9-10,12H2,1-4H3,(H2,18,19,20). The van der Waals surface area contributed by atoms with Gasteiger partial charge >= 0.3 is 0 Å². The Kier molecular flexibility index (Phi) is 7.62. The van der Waals surface area contributed by atoms with E-state index in [1.165, 1.54) is 12.1 Å². The van der Waals surface area contributed by atoms with Gasteiger partial charge in [-0.15, -0.1) is 0 Å². The zero-order chi connectivity index (χ0) is 18.2. The highest BCUT2D eigenvalue weighted by Gasteiger charge is 2.21. The molecule has 0 fully saturated rings. The highest BCUT2D eigenvalue weighted by atomic mass is 32.2. The quantitative estimate of drug-likeness (QED) is 0.371. The van der Waals surface area contributed by atoms with E-state index in [0.717, 1.165) is 5.56 Å². The monoisotopic (exact) mass is 358 g/mol. The summed E-state index contributed by atoms with van der Waals surface area (Å²) in [6, 6.07) is 6.53. The molecule has 8 heteroatoms. The molecule has 0 aliphatic heterocycles. The second-order valence-corrected chi connectivity index (χ2v) is 8.14. The molecule has 136 valence electrons. The van der Waals surface area contributed by atoms with Crippen molar-refractivity contribution in [2.45, 2.75) is 26.2 Å². The number of sulfonamides is 1. The van der Waals surface area contributed by atoms with Crippen molar-refractivity contribution in [3.05, 3.63) is 35.6 Å². The number of aliphatic imine (C=N–C) groups is 1. The Labute approximate surface area is 144 Å². The average Bonchev–Trinajstić information content (AvgIpc) is 2.54. The van der Waals surface area contributed by atoms with Crippen LogP contribution in [0.2, 0.25) is 0 Å². The van der Waals surface area contributed by atoms with Gasteiger partial charge < -0.3 is 10.6 Å². The average molecular weight is 358 g/mol. The molecular weight excluding hydrogens is 331 g/mol. The van der Waals surface area contributed by atoms with Crippen molar-refractivity contribution in [2.75, 3.05) is 32.4 Å².